The Morgan fingerprint density at radius 1 is 0.920 bits per heavy atom. The summed E-state index contributed by atoms with van der Waals surface area (Å²) in [5.74, 6) is 4.04. The van der Waals surface area contributed by atoms with Gasteiger partial charge in [-0.1, -0.05) is 20.8 Å². The molecule has 0 spiro atoms. The van der Waals surface area contributed by atoms with E-state index >= 15 is 0 Å². The van der Waals surface area contributed by atoms with Gasteiger partial charge in [0.1, 0.15) is 0 Å². The van der Waals surface area contributed by atoms with Crippen molar-refractivity contribution in [2.45, 2.75) is 84.7 Å². The van der Waals surface area contributed by atoms with Crippen LogP contribution < -0.4 is 0 Å². The summed E-state index contributed by atoms with van der Waals surface area (Å²) in [4.78, 5) is 18.3. The molecule has 0 radical (unpaired) electrons. The number of hydrogen-bond acceptors (Lipinski definition) is 2. The summed E-state index contributed by atoms with van der Waals surface area (Å²) in [6, 6.07) is 0. The molecule has 2 N–H and O–H groups in total. The predicted octanol–water partition coefficient (Wildman–Crippen LogP) is 5.14. The van der Waals surface area contributed by atoms with Gasteiger partial charge in [-0.05, 0) is 98.2 Å². The van der Waals surface area contributed by atoms with Gasteiger partial charge in [0.2, 0.25) is 0 Å². The fraction of sp³-hybridized carbons (Fsp3) is 1.00. The molecule has 0 aromatic heterocycles. The minimum Gasteiger partial charge on any atom is -0.303 e. The highest BCUT2D eigenvalue weighted by Gasteiger charge is 2.59. The maximum Gasteiger partial charge on any atom is 0.469 e. The zero-order valence-electron chi connectivity index (χ0n) is 16.0. The summed E-state index contributed by atoms with van der Waals surface area (Å²) in [7, 11) is -4.36. The van der Waals surface area contributed by atoms with E-state index in [9.17, 15) is 4.57 Å². The normalized spacial score (nSPS) is 53.0. The summed E-state index contributed by atoms with van der Waals surface area (Å²) in [5, 5.41) is 0. The maximum atomic E-state index is 11.2. The molecule has 4 aliphatic carbocycles. The van der Waals surface area contributed by atoms with E-state index in [4.69, 9.17) is 14.3 Å². The third-order valence-corrected chi connectivity index (χ3v) is 9.95. The first kappa shape index (κ1) is 18.5. The average Bonchev–Trinajstić information content (AvgIpc) is 2.82. The molecular weight excluding hydrogens is 335 g/mol. The molecule has 4 fully saturated rings. The maximum absolute atomic E-state index is 11.2. The molecule has 4 aliphatic rings. The number of phosphoric acid groups is 1. The molecule has 0 aliphatic heterocycles. The molecule has 0 heterocycles. The van der Waals surface area contributed by atoms with Crippen LogP contribution in [-0.4, -0.2) is 15.9 Å². The highest BCUT2D eigenvalue weighted by molar-refractivity contribution is 7.46. The van der Waals surface area contributed by atoms with Gasteiger partial charge in [-0.2, -0.15) is 0 Å². The van der Waals surface area contributed by atoms with E-state index in [2.05, 4.69) is 20.8 Å². The molecule has 25 heavy (non-hydrogen) atoms. The van der Waals surface area contributed by atoms with Crippen molar-refractivity contribution in [2.75, 3.05) is 0 Å². The number of fused-ring (bicyclic) bond motifs is 5. The Kier molecular flexibility index (Phi) is 4.47. The molecule has 0 bridgehead atoms. The van der Waals surface area contributed by atoms with Crippen molar-refractivity contribution < 1.29 is 18.9 Å². The van der Waals surface area contributed by atoms with Crippen LogP contribution in [0.25, 0.3) is 0 Å². The van der Waals surface area contributed by atoms with Gasteiger partial charge in [0.05, 0.1) is 6.10 Å². The van der Waals surface area contributed by atoms with Crippen molar-refractivity contribution in [2.24, 2.45) is 40.4 Å². The Labute approximate surface area is 152 Å². The molecule has 5 heteroatoms. The van der Waals surface area contributed by atoms with Gasteiger partial charge in [0.25, 0.3) is 0 Å². The van der Waals surface area contributed by atoms with E-state index in [0.29, 0.717) is 16.7 Å². The second-order valence-corrected chi connectivity index (χ2v) is 11.4. The van der Waals surface area contributed by atoms with Crippen molar-refractivity contribution in [3.8, 4) is 0 Å². The molecule has 8 atom stereocenters. The van der Waals surface area contributed by atoms with Crippen LogP contribution in [0.15, 0.2) is 0 Å². The van der Waals surface area contributed by atoms with Gasteiger partial charge >= 0.3 is 7.82 Å². The van der Waals surface area contributed by atoms with Crippen molar-refractivity contribution in [3.63, 3.8) is 0 Å². The lowest BCUT2D eigenvalue weighted by Crippen LogP contribution is -2.53. The van der Waals surface area contributed by atoms with E-state index in [1.807, 2.05) is 0 Å². The third kappa shape index (κ3) is 2.96. The van der Waals surface area contributed by atoms with Crippen LogP contribution in [0, 0.1) is 40.4 Å². The van der Waals surface area contributed by atoms with Gasteiger partial charge in [0.15, 0.2) is 0 Å². The SMILES string of the molecule is C[C@H]1CC[C@H]2[C@@H]3CC[C@H]4C[C@H](OP(=O)(O)O)CC[C@]4(C)[C@H]3CC[C@]12C. The van der Waals surface area contributed by atoms with Crippen LogP contribution in [-0.2, 0) is 9.09 Å². The second kappa shape index (κ2) is 6.06. The Morgan fingerprint density at radius 2 is 1.60 bits per heavy atom. The minimum absolute atomic E-state index is 0.254. The molecule has 0 aromatic rings. The van der Waals surface area contributed by atoms with Crippen LogP contribution in [0.3, 0.4) is 0 Å². The molecule has 144 valence electrons. The number of phosphoric ester groups is 1. The quantitative estimate of drug-likeness (QED) is 0.660. The summed E-state index contributed by atoms with van der Waals surface area (Å²) < 4.78 is 16.3. The summed E-state index contributed by atoms with van der Waals surface area (Å²) in [6.45, 7) is 7.52. The van der Waals surface area contributed by atoms with Crippen molar-refractivity contribution >= 4 is 7.82 Å². The molecule has 0 saturated heterocycles. The lowest BCUT2D eigenvalue weighted by molar-refractivity contribution is -0.124. The largest absolute Gasteiger partial charge is 0.469 e. The summed E-state index contributed by atoms with van der Waals surface area (Å²) in [5.41, 5.74) is 0.913. The monoisotopic (exact) mass is 370 g/mol. The molecule has 4 saturated carbocycles. The first-order valence-corrected chi connectivity index (χ1v) is 11.9. The van der Waals surface area contributed by atoms with Crippen molar-refractivity contribution in [1.82, 2.24) is 0 Å². The molecular formula is C20H35O4P. The lowest BCUT2D eigenvalue weighted by atomic mass is 9.45. The van der Waals surface area contributed by atoms with Crippen molar-refractivity contribution in [3.05, 3.63) is 0 Å². The van der Waals surface area contributed by atoms with E-state index in [0.717, 1.165) is 42.9 Å². The van der Waals surface area contributed by atoms with Gasteiger partial charge in [-0.25, -0.2) is 4.57 Å². The van der Waals surface area contributed by atoms with Gasteiger partial charge in [-0.3, -0.25) is 4.52 Å². The zero-order valence-corrected chi connectivity index (χ0v) is 16.9. The first-order chi connectivity index (χ1) is 11.6. The van der Waals surface area contributed by atoms with Crippen LogP contribution >= 0.6 is 7.82 Å². The van der Waals surface area contributed by atoms with Crippen molar-refractivity contribution in [1.29, 1.82) is 0 Å². The highest BCUT2D eigenvalue weighted by Crippen LogP contribution is 2.67. The fourth-order valence-corrected chi connectivity index (χ4v) is 8.35. The lowest BCUT2D eigenvalue weighted by Gasteiger charge is -2.61. The summed E-state index contributed by atoms with van der Waals surface area (Å²) in [6.07, 6.45) is 10.6. The van der Waals surface area contributed by atoms with Crippen LogP contribution in [0.4, 0.5) is 0 Å². The van der Waals surface area contributed by atoms with Crippen LogP contribution in [0.2, 0.25) is 0 Å². The number of hydrogen-bond donors (Lipinski definition) is 2. The van der Waals surface area contributed by atoms with E-state index in [1.54, 1.807) is 0 Å². The summed E-state index contributed by atoms with van der Waals surface area (Å²) >= 11 is 0. The average molecular weight is 370 g/mol. The second-order valence-electron chi connectivity index (χ2n) is 10.2. The predicted molar refractivity (Wildman–Crippen MR) is 97.8 cm³/mol. The van der Waals surface area contributed by atoms with Gasteiger partial charge in [-0.15, -0.1) is 0 Å². The van der Waals surface area contributed by atoms with Gasteiger partial charge in [0, 0.05) is 0 Å². The molecule has 0 amide bonds. The van der Waals surface area contributed by atoms with E-state index in [1.165, 1.54) is 38.5 Å². The topological polar surface area (TPSA) is 66.8 Å². The fourth-order valence-electron chi connectivity index (χ4n) is 7.77. The van der Waals surface area contributed by atoms with Crippen LogP contribution in [0.1, 0.15) is 78.6 Å². The zero-order chi connectivity index (χ0) is 18.0. The standard InChI is InChI=1S/C20H35O4P/c1-13-4-7-17-16-6-5-14-12-15(24-25(21,22)23)8-10-20(14,3)18(16)9-11-19(13,17)2/h13-18H,4-12H2,1-3H3,(H2,21,22,23)/t13-,14-,15+,16-,17-,18-,19+,20-/m0/s1. The highest BCUT2D eigenvalue weighted by atomic mass is 31.2. The van der Waals surface area contributed by atoms with E-state index < -0.39 is 7.82 Å². The first-order valence-electron chi connectivity index (χ1n) is 10.4. The Hall–Kier alpha value is 0.110. The van der Waals surface area contributed by atoms with E-state index in [-0.39, 0.29) is 6.10 Å². The Bertz CT molecular complexity index is 574. The Balaban J connectivity index is 1.52. The molecule has 4 nitrogen and oxygen atoms in total. The molecule has 0 unspecified atom stereocenters. The van der Waals surface area contributed by atoms with Crippen LogP contribution in [0.5, 0.6) is 0 Å². The smallest absolute Gasteiger partial charge is 0.303 e. The van der Waals surface area contributed by atoms with Gasteiger partial charge < -0.3 is 9.79 Å². The Morgan fingerprint density at radius 3 is 2.32 bits per heavy atom. The number of rotatable bonds is 2. The molecule has 4 rings (SSSR count). The third-order valence-electron chi connectivity index (χ3n) is 9.38. The minimum atomic E-state index is -4.36. The molecule has 0 aromatic carbocycles.